The largest absolute Gasteiger partial charge is 0.234 e. The SMILES string of the molecule is CC(=NS(=O)C(C)(C)C)c1cccc2ccccc12. The minimum absolute atomic E-state index is 0.328. The highest BCUT2D eigenvalue weighted by molar-refractivity contribution is 7.85. The van der Waals surface area contributed by atoms with Gasteiger partial charge in [0, 0.05) is 5.56 Å². The molecule has 0 aliphatic heterocycles. The second-order valence-corrected chi connectivity index (χ2v) is 7.47. The van der Waals surface area contributed by atoms with E-state index in [-0.39, 0.29) is 4.75 Å². The van der Waals surface area contributed by atoms with Gasteiger partial charge in [0.2, 0.25) is 0 Å². The predicted octanol–water partition coefficient (Wildman–Crippen LogP) is 4.11. The van der Waals surface area contributed by atoms with Crippen LogP contribution >= 0.6 is 0 Å². The van der Waals surface area contributed by atoms with Crippen LogP contribution in [0.15, 0.2) is 46.9 Å². The summed E-state index contributed by atoms with van der Waals surface area (Å²) in [6.45, 7) is 7.72. The Morgan fingerprint density at radius 2 is 1.68 bits per heavy atom. The summed E-state index contributed by atoms with van der Waals surface area (Å²) >= 11 is 0. The molecule has 0 aromatic heterocycles. The van der Waals surface area contributed by atoms with Crippen molar-refractivity contribution in [2.24, 2.45) is 4.40 Å². The Balaban J connectivity index is 2.51. The maximum absolute atomic E-state index is 12.1. The van der Waals surface area contributed by atoms with Crippen LogP contribution < -0.4 is 0 Å². The summed E-state index contributed by atoms with van der Waals surface area (Å²) in [5.74, 6) is 0. The highest BCUT2D eigenvalue weighted by Crippen LogP contribution is 2.20. The molecule has 0 radical (unpaired) electrons. The van der Waals surface area contributed by atoms with Gasteiger partial charge < -0.3 is 0 Å². The van der Waals surface area contributed by atoms with Crippen LogP contribution in [0.2, 0.25) is 0 Å². The Morgan fingerprint density at radius 3 is 2.37 bits per heavy atom. The van der Waals surface area contributed by atoms with Crippen molar-refractivity contribution in [3.8, 4) is 0 Å². The third kappa shape index (κ3) is 3.10. The monoisotopic (exact) mass is 273 g/mol. The molecule has 0 fully saturated rings. The van der Waals surface area contributed by atoms with E-state index in [1.165, 1.54) is 5.39 Å². The number of hydrogen-bond donors (Lipinski definition) is 0. The Labute approximate surface area is 117 Å². The molecule has 0 spiro atoms. The van der Waals surface area contributed by atoms with Gasteiger partial charge in [-0.25, -0.2) is 4.21 Å². The van der Waals surface area contributed by atoms with E-state index in [4.69, 9.17) is 0 Å². The first-order chi connectivity index (χ1) is 8.89. The first-order valence-corrected chi connectivity index (χ1v) is 7.46. The van der Waals surface area contributed by atoms with E-state index in [0.29, 0.717) is 0 Å². The lowest BCUT2D eigenvalue weighted by molar-refractivity contribution is 0.650. The topological polar surface area (TPSA) is 29.4 Å². The molecule has 2 aromatic rings. The molecule has 1 atom stereocenters. The lowest BCUT2D eigenvalue weighted by Gasteiger charge is -2.14. The van der Waals surface area contributed by atoms with Gasteiger partial charge in [-0.3, -0.25) is 0 Å². The zero-order valence-corrected chi connectivity index (χ0v) is 12.6. The molecule has 0 bridgehead atoms. The highest BCUT2D eigenvalue weighted by Gasteiger charge is 2.19. The molecular formula is C16H19NOS. The van der Waals surface area contributed by atoms with E-state index in [9.17, 15) is 4.21 Å². The van der Waals surface area contributed by atoms with Gasteiger partial charge in [-0.2, -0.15) is 4.40 Å². The molecule has 0 amide bonds. The first-order valence-electron chi connectivity index (χ1n) is 6.35. The maximum Gasteiger partial charge on any atom is 0.145 e. The molecule has 0 aliphatic rings. The predicted molar refractivity (Wildman–Crippen MR) is 84.1 cm³/mol. The fourth-order valence-electron chi connectivity index (χ4n) is 1.85. The van der Waals surface area contributed by atoms with E-state index in [1.54, 1.807) is 0 Å². The van der Waals surface area contributed by atoms with Crippen LogP contribution in [0.3, 0.4) is 0 Å². The number of benzene rings is 2. The van der Waals surface area contributed by atoms with Crippen LogP contribution in [0.25, 0.3) is 10.8 Å². The van der Waals surface area contributed by atoms with Gasteiger partial charge in [0.15, 0.2) is 0 Å². The Hall–Kier alpha value is -1.48. The minimum Gasteiger partial charge on any atom is -0.234 e. The third-order valence-electron chi connectivity index (χ3n) is 2.92. The van der Waals surface area contributed by atoms with Gasteiger partial charge in [0.25, 0.3) is 0 Å². The molecular weight excluding hydrogens is 254 g/mol. The highest BCUT2D eigenvalue weighted by atomic mass is 32.2. The van der Waals surface area contributed by atoms with Crippen LogP contribution in [0.5, 0.6) is 0 Å². The first kappa shape index (κ1) is 13.9. The molecule has 2 aromatic carbocycles. The second kappa shape index (κ2) is 5.25. The Bertz CT molecular complexity index is 648. The van der Waals surface area contributed by atoms with Crippen molar-refractivity contribution >= 4 is 27.5 Å². The molecule has 0 saturated heterocycles. The molecule has 2 nitrogen and oxygen atoms in total. The summed E-state index contributed by atoms with van der Waals surface area (Å²) in [4.78, 5) is 0. The molecule has 0 N–H and O–H groups in total. The van der Waals surface area contributed by atoms with E-state index >= 15 is 0 Å². The van der Waals surface area contributed by atoms with E-state index in [0.717, 1.165) is 16.7 Å². The maximum atomic E-state index is 12.1. The van der Waals surface area contributed by atoms with Crippen molar-refractivity contribution in [1.29, 1.82) is 0 Å². The second-order valence-electron chi connectivity index (χ2n) is 5.56. The summed E-state index contributed by atoms with van der Waals surface area (Å²) in [7, 11) is -1.22. The Morgan fingerprint density at radius 1 is 1.05 bits per heavy atom. The quantitative estimate of drug-likeness (QED) is 0.757. The van der Waals surface area contributed by atoms with Gasteiger partial charge in [-0.05, 0) is 38.5 Å². The van der Waals surface area contributed by atoms with E-state index in [1.807, 2.05) is 52.0 Å². The number of nitrogens with zero attached hydrogens (tertiary/aromatic N) is 1. The Kier molecular flexibility index (Phi) is 3.85. The van der Waals surface area contributed by atoms with Crippen LogP contribution in [0, 0.1) is 0 Å². The lowest BCUT2D eigenvalue weighted by atomic mass is 10.0. The van der Waals surface area contributed by atoms with E-state index < -0.39 is 11.0 Å². The molecule has 0 heterocycles. The van der Waals surface area contributed by atoms with Crippen LogP contribution in [-0.2, 0) is 11.0 Å². The van der Waals surface area contributed by atoms with Gasteiger partial charge >= 0.3 is 0 Å². The van der Waals surface area contributed by atoms with Crippen LogP contribution in [0.1, 0.15) is 33.3 Å². The number of rotatable bonds is 2. The minimum atomic E-state index is -1.22. The summed E-state index contributed by atoms with van der Waals surface area (Å²) in [5.41, 5.74) is 1.88. The fourth-order valence-corrected chi connectivity index (χ4v) is 2.47. The van der Waals surface area contributed by atoms with Gasteiger partial charge in [-0.15, -0.1) is 0 Å². The van der Waals surface area contributed by atoms with Crippen molar-refractivity contribution in [2.75, 3.05) is 0 Å². The average Bonchev–Trinajstić information content (AvgIpc) is 2.36. The lowest BCUT2D eigenvalue weighted by Crippen LogP contribution is -2.20. The van der Waals surface area contributed by atoms with E-state index in [2.05, 4.69) is 22.6 Å². The molecule has 0 aliphatic carbocycles. The van der Waals surface area contributed by atoms with Crippen molar-refractivity contribution in [3.63, 3.8) is 0 Å². The normalized spacial score (nSPS) is 14.6. The number of hydrogen-bond acceptors (Lipinski definition) is 1. The van der Waals surface area contributed by atoms with Crippen LogP contribution in [0.4, 0.5) is 0 Å². The molecule has 100 valence electrons. The van der Waals surface area contributed by atoms with Crippen molar-refractivity contribution in [1.82, 2.24) is 0 Å². The number of fused-ring (bicyclic) bond motifs is 1. The van der Waals surface area contributed by atoms with Gasteiger partial charge in [0.05, 0.1) is 10.5 Å². The molecule has 3 heteroatoms. The smallest absolute Gasteiger partial charge is 0.145 e. The standard InChI is InChI=1S/C16H19NOS/c1-12(17-19(18)16(2,3)4)14-11-7-9-13-8-5-6-10-15(13)14/h5-11H,1-4H3. The molecule has 1 unspecified atom stereocenters. The van der Waals surface area contributed by atoms with Crippen molar-refractivity contribution in [2.45, 2.75) is 32.4 Å². The zero-order valence-electron chi connectivity index (χ0n) is 11.8. The fraction of sp³-hybridized carbons (Fsp3) is 0.312. The zero-order chi connectivity index (χ0) is 14.0. The van der Waals surface area contributed by atoms with Crippen molar-refractivity contribution in [3.05, 3.63) is 48.0 Å². The molecule has 19 heavy (non-hydrogen) atoms. The summed E-state index contributed by atoms with van der Waals surface area (Å²) in [6, 6.07) is 14.3. The summed E-state index contributed by atoms with van der Waals surface area (Å²) < 4.78 is 16.1. The third-order valence-corrected chi connectivity index (χ3v) is 4.41. The molecule has 2 rings (SSSR count). The summed E-state index contributed by atoms with van der Waals surface area (Å²) in [5, 5.41) is 2.33. The summed E-state index contributed by atoms with van der Waals surface area (Å²) in [6.07, 6.45) is 0. The van der Waals surface area contributed by atoms with Crippen LogP contribution in [-0.4, -0.2) is 14.7 Å². The van der Waals surface area contributed by atoms with Gasteiger partial charge in [-0.1, -0.05) is 42.5 Å². The van der Waals surface area contributed by atoms with Crippen molar-refractivity contribution < 1.29 is 4.21 Å². The average molecular weight is 273 g/mol. The molecule has 0 saturated carbocycles. The van der Waals surface area contributed by atoms with Gasteiger partial charge in [0.1, 0.15) is 11.0 Å².